The number of methoxy groups -OCH3 is 1. The second kappa shape index (κ2) is 7.00. The van der Waals surface area contributed by atoms with E-state index in [1.807, 2.05) is 24.3 Å². The molecule has 0 fully saturated rings. The molecule has 0 atom stereocenters. The molecule has 2 heterocycles. The van der Waals surface area contributed by atoms with Crippen LogP contribution in [0.25, 0.3) is 11.1 Å². The lowest BCUT2D eigenvalue weighted by atomic mass is 10.0. The van der Waals surface area contributed by atoms with Gasteiger partial charge in [0.05, 0.1) is 18.4 Å². The van der Waals surface area contributed by atoms with Crippen molar-refractivity contribution in [2.24, 2.45) is 0 Å². The topological polar surface area (TPSA) is 77.2 Å². The number of ether oxygens (including phenoxy) is 1. The molecule has 6 heteroatoms. The standard InChI is InChI=1S/C20H19N3O3/c1-25-16-8-6-13(7-9-16)14-10-15(12-21-11-14)19(24)23-20-22-17-4-2-3-5-18(17)26-20/h6-12H,2-5H2,1H3,(H,22,23,24). The maximum absolute atomic E-state index is 12.5. The third-order valence-electron chi connectivity index (χ3n) is 4.49. The van der Waals surface area contributed by atoms with Crippen molar-refractivity contribution in [3.05, 3.63) is 59.7 Å². The quantitative estimate of drug-likeness (QED) is 0.773. The van der Waals surface area contributed by atoms with E-state index in [0.717, 1.165) is 54.0 Å². The van der Waals surface area contributed by atoms with Crippen molar-refractivity contribution >= 4 is 11.9 Å². The zero-order valence-corrected chi connectivity index (χ0v) is 14.5. The molecule has 1 aromatic carbocycles. The van der Waals surface area contributed by atoms with Gasteiger partial charge in [0.1, 0.15) is 11.5 Å². The molecule has 4 rings (SSSR count). The summed E-state index contributed by atoms with van der Waals surface area (Å²) < 4.78 is 10.8. The smallest absolute Gasteiger partial charge is 0.302 e. The van der Waals surface area contributed by atoms with Crippen LogP contribution in [0.4, 0.5) is 6.01 Å². The Morgan fingerprint density at radius 3 is 2.69 bits per heavy atom. The van der Waals surface area contributed by atoms with Crippen molar-refractivity contribution in [2.45, 2.75) is 25.7 Å². The first-order valence-electron chi connectivity index (χ1n) is 8.62. The number of oxazole rings is 1. The SMILES string of the molecule is COc1ccc(-c2cncc(C(=O)Nc3nc4c(o3)CCCC4)c2)cc1. The van der Waals surface area contributed by atoms with Gasteiger partial charge in [-0.2, -0.15) is 4.98 Å². The average molecular weight is 349 g/mol. The molecule has 1 N–H and O–H groups in total. The number of hydrogen-bond donors (Lipinski definition) is 1. The number of benzene rings is 1. The highest BCUT2D eigenvalue weighted by molar-refractivity contribution is 6.03. The van der Waals surface area contributed by atoms with Crippen molar-refractivity contribution in [1.82, 2.24) is 9.97 Å². The molecule has 0 saturated carbocycles. The van der Waals surface area contributed by atoms with Crippen LogP contribution in [0.15, 0.2) is 47.1 Å². The largest absolute Gasteiger partial charge is 0.497 e. The second-order valence-electron chi connectivity index (χ2n) is 6.24. The van der Waals surface area contributed by atoms with Crippen LogP contribution in [0.3, 0.4) is 0 Å². The maximum atomic E-state index is 12.5. The number of carbonyl (C=O) groups excluding carboxylic acids is 1. The fraction of sp³-hybridized carbons (Fsp3) is 0.250. The number of hydrogen-bond acceptors (Lipinski definition) is 5. The summed E-state index contributed by atoms with van der Waals surface area (Å²) in [6.45, 7) is 0. The summed E-state index contributed by atoms with van der Waals surface area (Å²) in [7, 11) is 1.63. The molecule has 1 aliphatic carbocycles. The molecule has 26 heavy (non-hydrogen) atoms. The Balaban J connectivity index is 1.53. The lowest BCUT2D eigenvalue weighted by molar-refractivity contribution is 0.102. The minimum absolute atomic E-state index is 0.261. The molecule has 0 bridgehead atoms. The number of rotatable bonds is 4. The summed E-state index contributed by atoms with van der Waals surface area (Å²) >= 11 is 0. The number of pyridine rings is 1. The second-order valence-corrected chi connectivity index (χ2v) is 6.24. The first kappa shape index (κ1) is 16.3. The van der Waals surface area contributed by atoms with Crippen LogP contribution in [0.5, 0.6) is 5.75 Å². The third kappa shape index (κ3) is 3.31. The monoisotopic (exact) mass is 349 g/mol. The van der Waals surface area contributed by atoms with Gasteiger partial charge in [0.2, 0.25) is 0 Å². The van der Waals surface area contributed by atoms with Crippen molar-refractivity contribution in [3.63, 3.8) is 0 Å². The zero-order valence-electron chi connectivity index (χ0n) is 14.5. The highest BCUT2D eigenvalue weighted by atomic mass is 16.5. The fourth-order valence-electron chi connectivity index (χ4n) is 3.08. The first-order chi connectivity index (χ1) is 12.7. The molecule has 2 aromatic heterocycles. The minimum atomic E-state index is -0.286. The van der Waals surface area contributed by atoms with Crippen LogP contribution >= 0.6 is 0 Å². The molecule has 0 aliphatic heterocycles. The molecule has 1 amide bonds. The van der Waals surface area contributed by atoms with Crippen LogP contribution in [0.2, 0.25) is 0 Å². The van der Waals surface area contributed by atoms with Gasteiger partial charge < -0.3 is 9.15 Å². The number of nitrogens with one attached hydrogen (secondary N) is 1. The van der Waals surface area contributed by atoms with Gasteiger partial charge in [0.25, 0.3) is 5.91 Å². The molecule has 1 aliphatic rings. The van der Waals surface area contributed by atoms with Gasteiger partial charge in [-0.05, 0) is 43.0 Å². The summed E-state index contributed by atoms with van der Waals surface area (Å²) in [6, 6.07) is 9.67. The van der Waals surface area contributed by atoms with Gasteiger partial charge in [-0.25, -0.2) is 0 Å². The van der Waals surface area contributed by atoms with Crippen LogP contribution in [-0.2, 0) is 12.8 Å². The van der Waals surface area contributed by atoms with Crippen LogP contribution in [-0.4, -0.2) is 23.0 Å². The van der Waals surface area contributed by atoms with Crippen molar-refractivity contribution in [3.8, 4) is 16.9 Å². The van der Waals surface area contributed by atoms with E-state index in [1.165, 1.54) is 6.20 Å². The molecule has 3 aromatic rings. The molecule has 6 nitrogen and oxygen atoms in total. The lowest BCUT2D eigenvalue weighted by Gasteiger charge is -2.06. The average Bonchev–Trinajstić information content (AvgIpc) is 3.10. The van der Waals surface area contributed by atoms with E-state index in [0.29, 0.717) is 5.56 Å². The molecule has 0 spiro atoms. The number of anilines is 1. The summed E-state index contributed by atoms with van der Waals surface area (Å²) in [6.07, 6.45) is 7.26. The van der Waals surface area contributed by atoms with Crippen LogP contribution < -0.4 is 10.1 Å². The summed E-state index contributed by atoms with van der Waals surface area (Å²) in [5.41, 5.74) is 3.22. The summed E-state index contributed by atoms with van der Waals surface area (Å²) in [5, 5.41) is 2.74. The van der Waals surface area contributed by atoms with Gasteiger partial charge in [-0.1, -0.05) is 12.1 Å². The van der Waals surface area contributed by atoms with E-state index in [4.69, 9.17) is 9.15 Å². The minimum Gasteiger partial charge on any atom is -0.497 e. The number of aryl methyl sites for hydroxylation is 2. The van der Waals surface area contributed by atoms with E-state index in [9.17, 15) is 4.79 Å². The summed E-state index contributed by atoms with van der Waals surface area (Å²) in [4.78, 5) is 21.1. The Morgan fingerprint density at radius 1 is 1.12 bits per heavy atom. The van der Waals surface area contributed by atoms with E-state index < -0.39 is 0 Å². The molecule has 0 saturated heterocycles. The Kier molecular flexibility index (Phi) is 4.39. The normalized spacial score (nSPS) is 13.1. The van der Waals surface area contributed by atoms with Crippen molar-refractivity contribution in [1.29, 1.82) is 0 Å². The fourth-order valence-corrected chi connectivity index (χ4v) is 3.08. The summed E-state index contributed by atoms with van der Waals surface area (Å²) in [5.74, 6) is 1.38. The molecule has 132 valence electrons. The number of fused-ring (bicyclic) bond motifs is 1. The Morgan fingerprint density at radius 2 is 1.92 bits per heavy atom. The number of nitrogens with zero attached hydrogens (tertiary/aromatic N) is 2. The third-order valence-corrected chi connectivity index (χ3v) is 4.49. The van der Waals surface area contributed by atoms with Crippen LogP contribution in [0.1, 0.15) is 34.7 Å². The Hall–Kier alpha value is -3.15. The lowest BCUT2D eigenvalue weighted by Crippen LogP contribution is -2.12. The van der Waals surface area contributed by atoms with E-state index in [2.05, 4.69) is 15.3 Å². The number of aromatic nitrogens is 2. The van der Waals surface area contributed by atoms with Crippen LogP contribution in [0, 0.1) is 0 Å². The Bertz CT molecular complexity index is 908. The predicted octanol–water partition coefficient (Wildman–Crippen LogP) is 3.88. The molecular formula is C20H19N3O3. The van der Waals surface area contributed by atoms with E-state index in [-0.39, 0.29) is 11.9 Å². The van der Waals surface area contributed by atoms with Gasteiger partial charge in [0, 0.05) is 24.4 Å². The van der Waals surface area contributed by atoms with Gasteiger partial charge in [0.15, 0.2) is 0 Å². The van der Waals surface area contributed by atoms with Gasteiger partial charge >= 0.3 is 6.01 Å². The molecule has 0 unspecified atom stereocenters. The number of carbonyl (C=O) groups is 1. The first-order valence-corrected chi connectivity index (χ1v) is 8.62. The van der Waals surface area contributed by atoms with E-state index >= 15 is 0 Å². The Labute approximate surface area is 151 Å². The van der Waals surface area contributed by atoms with Crippen molar-refractivity contribution in [2.75, 3.05) is 12.4 Å². The predicted molar refractivity (Wildman–Crippen MR) is 97.3 cm³/mol. The molecular weight excluding hydrogens is 330 g/mol. The highest BCUT2D eigenvalue weighted by Crippen LogP contribution is 2.25. The van der Waals surface area contributed by atoms with Crippen molar-refractivity contribution < 1.29 is 13.9 Å². The maximum Gasteiger partial charge on any atom is 0.302 e. The zero-order chi connectivity index (χ0) is 17.9. The van der Waals surface area contributed by atoms with Gasteiger partial charge in [-0.15, -0.1) is 0 Å². The number of amides is 1. The highest BCUT2D eigenvalue weighted by Gasteiger charge is 2.19. The van der Waals surface area contributed by atoms with Gasteiger partial charge in [-0.3, -0.25) is 15.1 Å². The molecule has 0 radical (unpaired) electrons. The van der Waals surface area contributed by atoms with E-state index in [1.54, 1.807) is 19.4 Å².